The number of nitrogens with zero attached hydrogens (tertiary/aromatic N) is 2. The van der Waals surface area contributed by atoms with Crippen molar-refractivity contribution in [3.05, 3.63) is 77.9 Å². The Labute approximate surface area is 196 Å². The molecule has 8 heteroatoms. The summed E-state index contributed by atoms with van der Waals surface area (Å²) in [6.07, 6.45) is 2.47. The molecule has 0 unspecified atom stereocenters. The molecule has 0 saturated carbocycles. The Kier molecular flexibility index (Phi) is 7.19. The number of aryl methyl sites for hydroxylation is 1. The predicted molar refractivity (Wildman–Crippen MR) is 132 cm³/mol. The van der Waals surface area contributed by atoms with E-state index in [1.807, 2.05) is 54.6 Å². The van der Waals surface area contributed by atoms with Crippen LogP contribution in [0.4, 0.5) is 0 Å². The maximum atomic E-state index is 13.1. The molecular weight excluding hydrogens is 456 g/mol. The van der Waals surface area contributed by atoms with Crippen LogP contribution in [0.3, 0.4) is 0 Å². The number of sulfonamides is 1. The van der Waals surface area contributed by atoms with Crippen molar-refractivity contribution in [2.24, 2.45) is 0 Å². The van der Waals surface area contributed by atoms with Crippen LogP contribution < -0.4 is 0 Å². The van der Waals surface area contributed by atoms with Gasteiger partial charge in [0.2, 0.25) is 10.0 Å². The van der Waals surface area contributed by atoms with Crippen LogP contribution in [-0.2, 0) is 32.8 Å². The molecule has 1 heterocycles. The van der Waals surface area contributed by atoms with Crippen molar-refractivity contribution in [2.75, 3.05) is 38.2 Å². The van der Waals surface area contributed by atoms with E-state index in [-0.39, 0.29) is 5.75 Å². The van der Waals surface area contributed by atoms with Gasteiger partial charge in [-0.05, 0) is 53.4 Å². The molecule has 0 radical (unpaired) electrons. The molecule has 1 aliphatic rings. The summed E-state index contributed by atoms with van der Waals surface area (Å²) in [4.78, 5) is 2.54. The van der Waals surface area contributed by atoms with E-state index in [9.17, 15) is 16.8 Å². The molecule has 3 aromatic carbocycles. The zero-order valence-corrected chi connectivity index (χ0v) is 20.5. The van der Waals surface area contributed by atoms with Crippen molar-refractivity contribution in [1.29, 1.82) is 0 Å². The summed E-state index contributed by atoms with van der Waals surface area (Å²) >= 11 is 0. The highest BCUT2D eigenvalue weighted by Gasteiger charge is 2.25. The molecule has 0 atom stereocenters. The molecule has 0 bridgehead atoms. The molecule has 6 nitrogen and oxygen atoms in total. The lowest BCUT2D eigenvalue weighted by Gasteiger charge is -2.22. The first-order valence-electron chi connectivity index (χ1n) is 11.2. The summed E-state index contributed by atoms with van der Waals surface area (Å²) in [7, 11) is -6.56. The summed E-state index contributed by atoms with van der Waals surface area (Å²) in [5.41, 5.74) is 2.08. The molecule has 176 valence electrons. The Bertz CT molecular complexity index is 1310. The Morgan fingerprint density at radius 2 is 1.52 bits per heavy atom. The van der Waals surface area contributed by atoms with Crippen LogP contribution in [0.1, 0.15) is 17.5 Å². The van der Waals surface area contributed by atoms with E-state index in [1.54, 1.807) is 16.4 Å². The van der Waals surface area contributed by atoms with Crippen LogP contribution in [0.5, 0.6) is 0 Å². The van der Waals surface area contributed by atoms with E-state index < -0.39 is 19.9 Å². The van der Waals surface area contributed by atoms with Gasteiger partial charge in [0.25, 0.3) is 0 Å². The van der Waals surface area contributed by atoms with E-state index in [0.717, 1.165) is 34.9 Å². The normalized spacial score (nSPS) is 16.6. The number of fused-ring (bicyclic) bond motifs is 1. The van der Waals surface area contributed by atoms with Gasteiger partial charge in [-0.3, -0.25) is 4.90 Å². The first-order valence-corrected chi connectivity index (χ1v) is 14.7. The highest BCUT2D eigenvalue weighted by molar-refractivity contribution is 7.90. The second-order valence-electron chi connectivity index (χ2n) is 8.65. The zero-order valence-electron chi connectivity index (χ0n) is 18.9. The molecule has 0 aromatic heterocycles. The minimum Gasteiger partial charge on any atom is -0.298 e. The summed E-state index contributed by atoms with van der Waals surface area (Å²) in [6, 6.07) is 21.0. The van der Waals surface area contributed by atoms with Crippen molar-refractivity contribution >= 4 is 30.6 Å². The summed E-state index contributed by atoms with van der Waals surface area (Å²) < 4.78 is 51.1. The van der Waals surface area contributed by atoms with Crippen LogP contribution in [0.2, 0.25) is 0 Å². The first-order chi connectivity index (χ1) is 15.7. The third-order valence-electron chi connectivity index (χ3n) is 6.21. The largest absolute Gasteiger partial charge is 0.298 e. The molecular formula is C25H30N2O4S2. The van der Waals surface area contributed by atoms with Gasteiger partial charge in [-0.25, -0.2) is 21.1 Å². The van der Waals surface area contributed by atoms with Gasteiger partial charge < -0.3 is 0 Å². The fraction of sp³-hybridized carbons (Fsp3) is 0.360. The number of hydrogen-bond donors (Lipinski definition) is 0. The van der Waals surface area contributed by atoms with Gasteiger partial charge in [-0.2, -0.15) is 0 Å². The van der Waals surface area contributed by atoms with E-state index >= 15 is 0 Å². The molecule has 0 aliphatic carbocycles. The van der Waals surface area contributed by atoms with Crippen LogP contribution in [0.15, 0.2) is 71.6 Å². The van der Waals surface area contributed by atoms with Gasteiger partial charge in [0, 0.05) is 32.4 Å². The average Bonchev–Trinajstić information content (AvgIpc) is 3.04. The van der Waals surface area contributed by atoms with Gasteiger partial charge in [0.1, 0.15) is 0 Å². The van der Waals surface area contributed by atoms with E-state index in [4.69, 9.17) is 0 Å². The van der Waals surface area contributed by atoms with Gasteiger partial charge in [0.15, 0.2) is 9.84 Å². The monoisotopic (exact) mass is 486 g/mol. The summed E-state index contributed by atoms with van der Waals surface area (Å²) in [5, 5.41) is 2.24. The second kappa shape index (κ2) is 9.93. The van der Waals surface area contributed by atoms with Crippen LogP contribution in [-0.4, -0.2) is 64.2 Å². The topological polar surface area (TPSA) is 74.8 Å². The van der Waals surface area contributed by atoms with Crippen molar-refractivity contribution in [3.63, 3.8) is 0 Å². The van der Waals surface area contributed by atoms with Crippen molar-refractivity contribution in [3.8, 4) is 0 Å². The minimum atomic E-state index is -3.35. The summed E-state index contributed by atoms with van der Waals surface area (Å²) in [6.45, 7) is 3.14. The van der Waals surface area contributed by atoms with Crippen molar-refractivity contribution in [1.82, 2.24) is 9.21 Å². The van der Waals surface area contributed by atoms with E-state index in [1.165, 1.54) is 6.26 Å². The fourth-order valence-corrected chi connectivity index (χ4v) is 6.50. The standard InChI is InChI=1S/C25H30N2O4S2/c1-32(28,29)24-12-10-21(11-13-24)20-26-15-5-16-27(18-17-26)33(30,31)19-14-23-8-4-7-22-6-2-3-9-25(22)23/h2-4,6-13H,5,14-20H2,1H3. The molecule has 0 amide bonds. The number of rotatable bonds is 7. The maximum Gasteiger partial charge on any atom is 0.214 e. The Hall–Kier alpha value is -2.26. The van der Waals surface area contributed by atoms with E-state index in [2.05, 4.69) is 4.90 Å². The predicted octanol–water partition coefficient (Wildman–Crippen LogP) is 3.32. The highest BCUT2D eigenvalue weighted by Crippen LogP contribution is 2.20. The lowest BCUT2D eigenvalue weighted by atomic mass is 10.0. The van der Waals surface area contributed by atoms with Crippen molar-refractivity contribution in [2.45, 2.75) is 24.3 Å². The summed E-state index contributed by atoms with van der Waals surface area (Å²) in [5.74, 6) is 0.105. The van der Waals surface area contributed by atoms with Gasteiger partial charge in [-0.1, -0.05) is 54.6 Å². The zero-order chi connectivity index (χ0) is 23.5. The SMILES string of the molecule is CS(=O)(=O)c1ccc(CN2CCCN(S(=O)(=O)CCc3cccc4ccccc34)CC2)cc1. The van der Waals surface area contributed by atoms with Crippen LogP contribution >= 0.6 is 0 Å². The Morgan fingerprint density at radius 3 is 2.27 bits per heavy atom. The van der Waals surface area contributed by atoms with Gasteiger partial charge >= 0.3 is 0 Å². The maximum absolute atomic E-state index is 13.1. The molecule has 33 heavy (non-hydrogen) atoms. The van der Waals surface area contributed by atoms with E-state index in [0.29, 0.717) is 37.5 Å². The average molecular weight is 487 g/mol. The molecule has 3 aromatic rings. The smallest absolute Gasteiger partial charge is 0.214 e. The third kappa shape index (κ3) is 6.00. The highest BCUT2D eigenvalue weighted by atomic mass is 32.2. The molecule has 0 spiro atoms. The number of hydrogen-bond acceptors (Lipinski definition) is 5. The van der Waals surface area contributed by atoms with Gasteiger partial charge in [0.05, 0.1) is 10.6 Å². The molecule has 1 saturated heterocycles. The second-order valence-corrected chi connectivity index (χ2v) is 12.8. The molecule has 1 aliphatic heterocycles. The van der Waals surface area contributed by atoms with Crippen LogP contribution in [0, 0.1) is 0 Å². The number of benzene rings is 3. The lowest BCUT2D eigenvalue weighted by molar-refractivity contribution is 0.278. The molecule has 0 N–H and O–H groups in total. The minimum absolute atomic E-state index is 0.105. The third-order valence-corrected chi connectivity index (χ3v) is 9.21. The van der Waals surface area contributed by atoms with Crippen LogP contribution in [0.25, 0.3) is 10.8 Å². The first kappa shape index (κ1) is 23.9. The fourth-order valence-electron chi connectivity index (χ4n) is 4.36. The lowest BCUT2D eigenvalue weighted by Crippen LogP contribution is -2.37. The Balaban J connectivity index is 1.36. The quantitative estimate of drug-likeness (QED) is 0.512. The van der Waals surface area contributed by atoms with Crippen molar-refractivity contribution < 1.29 is 16.8 Å². The Morgan fingerprint density at radius 1 is 0.788 bits per heavy atom. The molecule has 1 fully saturated rings. The molecule has 4 rings (SSSR count). The number of sulfone groups is 1. The van der Waals surface area contributed by atoms with Gasteiger partial charge in [-0.15, -0.1) is 0 Å².